The van der Waals surface area contributed by atoms with E-state index >= 15 is 0 Å². The molecule has 1 heterocycles. The summed E-state index contributed by atoms with van der Waals surface area (Å²) >= 11 is 5.78. The molecule has 1 aliphatic heterocycles. The summed E-state index contributed by atoms with van der Waals surface area (Å²) < 4.78 is 26.4. The van der Waals surface area contributed by atoms with Gasteiger partial charge >= 0.3 is 0 Å². The van der Waals surface area contributed by atoms with Crippen molar-refractivity contribution in [3.8, 4) is 0 Å². The molecule has 0 unspecified atom stereocenters. The maximum absolute atomic E-state index is 12.5. The molecule has 1 aromatic carbocycles. The monoisotopic (exact) mass is 381 g/mol. The summed E-state index contributed by atoms with van der Waals surface area (Å²) in [6.45, 7) is 1.92. The van der Waals surface area contributed by atoms with Crippen LogP contribution in [0.2, 0.25) is 5.02 Å². The lowest BCUT2D eigenvalue weighted by Gasteiger charge is -2.34. The van der Waals surface area contributed by atoms with Gasteiger partial charge in [-0.05, 0) is 37.2 Å². The first kappa shape index (κ1) is 20.2. The van der Waals surface area contributed by atoms with E-state index in [1.165, 1.54) is 16.4 Å². The highest BCUT2D eigenvalue weighted by molar-refractivity contribution is 7.89. The molecule has 23 heavy (non-hydrogen) atoms. The Balaban J connectivity index is 0.00000264. The van der Waals surface area contributed by atoms with Crippen LogP contribution in [0.15, 0.2) is 29.2 Å². The highest BCUT2D eigenvalue weighted by Gasteiger charge is 2.29. The smallest absolute Gasteiger partial charge is 0.243 e. The maximum Gasteiger partial charge on any atom is 0.243 e. The van der Waals surface area contributed by atoms with E-state index in [2.05, 4.69) is 0 Å². The number of hydrogen-bond donors (Lipinski definition) is 1. The van der Waals surface area contributed by atoms with Crippen molar-refractivity contribution in [3.63, 3.8) is 0 Å². The van der Waals surface area contributed by atoms with E-state index in [0.717, 1.165) is 0 Å². The van der Waals surface area contributed by atoms with Gasteiger partial charge in [-0.25, -0.2) is 8.42 Å². The van der Waals surface area contributed by atoms with E-state index in [1.54, 1.807) is 17.0 Å². The number of nitrogens with zero attached hydrogens (tertiary/aromatic N) is 2. The number of piperazine rings is 1. The van der Waals surface area contributed by atoms with E-state index in [9.17, 15) is 13.2 Å². The van der Waals surface area contributed by atoms with Crippen LogP contribution < -0.4 is 5.73 Å². The van der Waals surface area contributed by atoms with Gasteiger partial charge in [0.1, 0.15) is 0 Å². The van der Waals surface area contributed by atoms with Crippen molar-refractivity contribution >= 4 is 39.9 Å². The molecular formula is C14H21Cl2N3O3S. The Hall–Kier alpha value is -0.860. The van der Waals surface area contributed by atoms with Crippen molar-refractivity contribution in [2.45, 2.75) is 17.7 Å². The number of benzene rings is 1. The molecule has 6 nitrogen and oxygen atoms in total. The minimum atomic E-state index is -3.53. The molecule has 0 bridgehead atoms. The van der Waals surface area contributed by atoms with E-state index < -0.39 is 10.0 Å². The molecule has 1 amide bonds. The van der Waals surface area contributed by atoms with Gasteiger partial charge in [0.2, 0.25) is 15.9 Å². The lowest BCUT2D eigenvalue weighted by Crippen LogP contribution is -2.50. The van der Waals surface area contributed by atoms with Crippen LogP contribution in [0.5, 0.6) is 0 Å². The van der Waals surface area contributed by atoms with Gasteiger partial charge in [-0.1, -0.05) is 11.6 Å². The van der Waals surface area contributed by atoms with Crippen molar-refractivity contribution < 1.29 is 13.2 Å². The van der Waals surface area contributed by atoms with Crippen molar-refractivity contribution in [2.75, 3.05) is 32.7 Å². The fourth-order valence-electron chi connectivity index (χ4n) is 2.34. The Bertz CT molecular complexity index is 615. The van der Waals surface area contributed by atoms with Crippen LogP contribution in [-0.4, -0.2) is 56.3 Å². The van der Waals surface area contributed by atoms with Crippen LogP contribution in [0, 0.1) is 0 Å². The molecule has 1 fully saturated rings. The summed E-state index contributed by atoms with van der Waals surface area (Å²) in [5.41, 5.74) is 5.39. The normalized spacial score (nSPS) is 16.0. The van der Waals surface area contributed by atoms with Gasteiger partial charge in [0.15, 0.2) is 0 Å². The highest BCUT2D eigenvalue weighted by atomic mass is 35.5. The molecule has 0 atom stereocenters. The van der Waals surface area contributed by atoms with Crippen LogP contribution in [0.3, 0.4) is 0 Å². The van der Waals surface area contributed by atoms with Crippen LogP contribution in [0.25, 0.3) is 0 Å². The fraction of sp³-hybridized carbons (Fsp3) is 0.500. The molecular weight excluding hydrogens is 361 g/mol. The number of carbonyl (C=O) groups excluding carboxylic acids is 1. The van der Waals surface area contributed by atoms with E-state index in [4.69, 9.17) is 17.3 Å². The third-order valence-corrected chi connectivity index (χ3v) is 5.80. The van der Waals surface area contributed by atoms with Gasteiger partial charge in [-0.3, -0.25) is 4.79 Å². The Morgan fingerprint density at radius 2 is 1.70 bits per heavy atom. The second-order valence-corrected chi connectivity index (χ2v) is 7.51. The average Bonchev–Trinajstić information content (AvgIpc) is 2.53. The zero-order valence-electron chi connectivity index (χ0n) is 12.7. The number of nitrogens with two attached hydrogens (primary N) is 1. The van der Waals surface area contributed by atoms with Crippen molar-refractivity contribution in [3.05, 3.63) is 29.3 Å². The zero-order chi connectivity index (χ0) is 16.2. The first-order valence-corrected chi connectivity index (χ1v) is 9.00. The predicted octanol–water partition coefficient (Wildman–Crippen LogP) is 1.33. The minimum absolute atomic E-state index is 0. The maximum atomic E-state index is 12.5. The van der Waals surface area contributed by atoms with Gasteiger partial charge < -0.3 is 10.6 Å². The number of rotatable bonds is 5. The van der Waals surface area contributed by atoms with Crippen LogP contribution in [0.4, 0.5) is 0 Å². The quantitative estimate of drug-likeness (QED) is 0.833. The topological polar surface area (TPSA) is 83.7 Å². The van der Waals surface area contributed by atoms with Crippen LogP contribution in [-0.2, 0) is 14.8 Å². The summed E-state index contributed by atoms with van der Waals surface area (Å²) in [7, 11) is -3.53. The number of carbonyl (C=O) groups is 1. The summed E-state index contributed by atoms with van der Waals surface area (Å²) in [5.74, 6) is 0.0361. The zero-order valence-corrected chi connectivity index (χ0v) is 15.0. The summed E-state index contributed by atoms with van der Waals surface area (Å²) in [4.78, 5) is 13.8. The molecule has 0 aromatic heterocycles. The largest absolute Gasteiger partial charge is 0.340 e. The van der Waals surface area contributed by atoms with Crippen molar-refractivity contribution in [2.24, 2.45) is 5.73 Å². The molecule has 0 radical (unpaired) electrons. The minimum Gasteiger partial charge on any atom is -0.340 e. The summed E-state index contributed by atoms with van der Waals surface area (Å²) in [5, 5.41) is 0.495. The van der Waals surface area contributed by atoms with Gasteiger partial charge in [0.25, 0.3) is 0 Å². The van der Waals surface area contributed by atoms with Crippen molar-refractivity contribution in [1.29, 1.82) is 0 Å². The Morgan fingerprint density at radius 3 is 2.22 bits per heavy atom. The molecule has 1 aromatic rings. The standard InChI is InChI=1S/C14H20ClN3O3S.ClH/c15-12-3-5-13(6-4-12)22(20,21)18-10-8-17(9-11-18)14(19)2-1-7-16;/h3-6H,1-2,7-11,16H2;1H. The van der Waals surface area contributed by atoms with Gasteiger partial charge in [0, 0.05) is 37.6 Å². The first-order valence-electron chi connectivity index (χ1n) is 7.18. The van der Waals surface area contributed by atoms with Gasteiger partial charge in [0.05, 0.1) is 4.90 Å². The lowest BCUT2D eigenvalue weighted by molar-refractivity contribution is -0.132. The summed E-state index contributed by atoms with van der Waals surface area (Å²) in [6, 6.07) is 6.11. The second kappa shape index (κ2) is 8.84. The van der Waals surface area contributed by atoms with Crippen LogP contribution in [0.1, 0.15) is 12.8 Å². The molecule has 2 N–H and O–H groups in total. The Morgan fingerprint density at radius 1 is 1.13 bits per heavy atom. The van der Waals surface area contributed by atoms with Gasteiger partial charge in [-0.2, -0.15) is 4.31 Å². The molecule has 130 valence electrons. The third-order valence-electron chi connectivity index (χ3n) is 3.64. The Labute approximate surface area is 148 Å². The molecule has 1 aliphatic rings. The summed E-state index contributed by atoms with van der Waals surface area (Å²) in [6.07, 6.45) is 1.07. The van der Waals surface area contributed by atoms with E-state index in [-0.39, 0.29) is 23.2 Å². The molecule has 2 rings (SSSR count). The van der Waals surface area contributed by atoms with E-state index in [1.807, 2.05) is 0 Å². The molecule has 0 saturated carbocycles. The molecule has 1 saturated heterocycles. The molecule has 0 aliphatic carbocycles. The molecule has 9 heteroatoms. The Kier molecular flexibility index (Phi) is 7.76. The van der Waals surface area contributed by atoms with Gasteiger partial charge in [-0.15, -0.1) is 12.4 Å². The number of hydrogen-bond acceptors (Lipinski definition) is 4. The molecule has 0 spiro atoms. The third kappa shape index (κ3) is 5.06. The van der Waals surface area contributed by atoms with E-state index in [0.29, 0.717) is 50.6 Å². The second-order valence-electron chi connectivity index (χ2n) is 5.13. The SMILES string of the molecule is Cl.NCCCC(=O)N1CCN(S(=O)(=O)c2ccc(Cl)cc2)CC1. The first-order chi connectivity index (χ1) is 10.4. The number of sulfonamides is 1. The fourth-order valence-corrected chi connectivity index (χ4v) is 3.89. The predicted molar refractivity (Wildman–Crippen MR) is 92.3 cm³/mol. The number of amides is 1. The average molecular weight is 382 g/mol. The lowest BCUT2D eigenvalue weighted by atomic mass is 10.2. The van der Waals surface area contributed by atoms with Crippen molar-refractivity contribution in [1.82, 2.24) is 9.21 Å². The number of halogens is 2. The highest BCUT2D eigenvalue weighted by Crippen LogP contribution is 2.20. The van der Waals surface area contributed by atoms with Crippen LogP contribution >= 0.6 is 24.0 Å².